The number of fused-ring (bicyclic) bond motifs is 1. The van der Waals surface area contributed by atoms with Crippen LogP contribution in [0.1, 0.15) is 5.56 Å². The molecular weight excluding hydrogens is 259 g/mol. The van der Waals surface area contributed by atoms with Crippen LogP contribution in [-0.4, -0.2) is 7.11 Å². The Bertz CT molecular complexity index is 716. The van der Waals surface area contributed by atoms with Crippen LogP contribution in [0, 0.1) is 5.82 Å². The van der Waals surface area contributed by atoms with E-state index in [-0.39, 0.29) is 12.4 Å². The Balaban J connectivity index is 1.79. The number of furan rings is 1. The highest BCUT2D eigenvalue weighted by Gasteiger charge is 2.10. The molecule has 0 amide bonds. The van der Waals surface area contributed by atoms with Crippen molar-refractivity contribution in [1.29, 1.82) is 0 Å². The van der Waals surface area contributed by atoms with Gasteiger partial charge in [-0.1, -0.05) is 6.07 Å². The minimum atomic E-state index is -0.301. The molecule has 0 N–H and O–H groups in total. The molecule has 0 atom stereocenters. The van der Waals surface area contributed by atoms with E-state index in [0.29, 0.717) is 22.3 Å². The van der Waals surface area contributed by atoms with Crippen molar-refractivity contribution in [3.8, 4) is 11.5 Å². The van der Waals surface area contributed by atoms with Gasteiger partial charge in [0.15, 0.2) is 0 Å². The first-order chi connectivity index (χ1) is 9.78. The molecule has 0 spiro atoms. The molecule has 0 aliphatic heterocycles. The Morgan fingerprint density at radius 1 is 1.05 bits per heavy atom. The summed E-state index contributed by atoms with van der Waals surface area (Å²) in [5.41, 5.74) is 1.22. The standard InChI is InChI=1S/C16H13FO3/c1-18-12-5-7-13(8-6-12)19-9-11-10-20-15-4-2-3-14(17)16(11)15/h2-8,10H,9H2,1H3. The number of hydrogen-bond donors (Lipinski definition) is 0. The molecule has 0 unspecified atom stereocenters. The molecule has 0 fully saturated rings. The van der Waals surface area contributed by atoms with Gasteiger partial charge in [0.25, 0.3) is 0 Å². The fourth-order valence-corrected chi connectivity index (χ4v) is 2.05. The van der Waals surface area contributed by atoms with E-state index in [1.54, 1.807) is 31.4 Å². The van der Waals surface area contributed by atoms with E-state index >= 15 is 0 Å². The predicted molar refractivity (Wildman–Crippen MR) is 73.5 cm³/mol. The summed E-state index contributed by atoms with van der Waals surface area (Å²) in [6, 6.07) is 12.0. The lowest BCUT2D eigenvalue weighted by Crippen LogP contribution is -1.95. The summed E-state index contributed by atoms with van der Waals surface area (Å²) in [5.74, 6) is 1.15. The van der Waals surface area contributed by atoms with Gasteiger partial charge >= 0.3 is 0 Å². The normalized spacial score (nSPS) is 10.7. The first-order valence-electron chi connectivity index (χ1n) is 6.19. The molecule has 3 aromatic rings. The molecular formula is C16H13FO3. The summed E-state index contributed by atoms with van der Waals surface area (Å²) in [4.78, 5) is 0. The molecule has 3 nitrogen and oxygen atoms in total. The fraction of sp³-hybridized carbons (Fsp3) is 0.125. The Morgan fingerprint density at radius 3 is 2.55 bits per heavy atom. The summed E-state index contributed by atoms with van der Waals surface area (Å²) in [6.45, 7) is 0.250. The molecule has 20 heavy (non-hydrogen) atoms. The van der Waals surface area contributed by atoms with Gasteiger partial charge in [-0.05, 0) is 36.4 Å². The van der Waals surface area contributed by atoms with Crippen molar-refractivity contribution in [1.82, 2.24) is 0 Å². The van der Waals surface area contributed by atoms with Gasteiger partial charge < -0.3 is 13.9 Å². The first kappa shape index (κ1) is 12.5. The van der Waals surface area contributed by atoms with E-state index in [1.165, 1.54) is 12.3 Å². The fourth-order valence-electron chi connectivity index (χ4n) is 2.05. The first-order valence-corrected chi connectivity index (χ1v) is 6.19. The minimum absolute atomic E-state index is 0.250. The number of halogens is 1. The average molecular weight is 272 g/mol. The second-order valence-electron chi connectivity index (χ2n) is 4.34. The monoisotopic (exact) mass is 272 g/mol. The highest BCUT2D eigenvalue weighted by Crippen LogP contribution is 2.25. The van der Waals surface area contributed by atoms with Crippen molar-refractivity contribution in [3.63, 3.8) is 0 Å². The van der Waals surface area contributed by atoms with Crippen LogP contribution in [-0.2, 0) is 6.61 Å². The maximum Gasteiger partial charge on any atom is 0.137 e. The van der Waals surface area contributed by atoms with Crippen LogP contribution in [0.25, 0.3) is 11.0 Å². The van der Waals surface area contributed by atoms with Gasteiger partial charge in [-0.3, -0.25) is 0 Å². The largest absolute Gasteiger partial charge is 0.497 e. The van der Waals surface area contributed by atoms with Gasteiger partial charge in [0, 0.05) is 5.56 Å². The maximum absolute atomic E-state index is 13.8. The van der Waals surface area contributed by atoms with Crippen molar-refractivity contribution >= 4 is 11.0 Å². The van der Waals surface area contributed by atoms with Gasteiger partial charge in [-0.25, -0.2) is 4.39 Å². The molecule has 0 radical (unpaired) electrons. The highest BCUT2D eigenvalue weighted by atomic mass is 19.1. The van der Waals surface area contributed by atoms with E-state index in [2.05, 4.69) is 0 Å². The SMILES string of the molecule is COc1ccc(OCc2coc3cccc(F)c23)cc1. The molecule has 3 rings (SSSR count). The van der Waals surface area contributed by atoms with Crippen molar-refractivity contribution in [3.05, 3.63) is 60.1 Å². The Morgan fingerprint density at radius 2 is 1.80 bits per heavy atom. The predicted octanol–water partition coefficient (Wildman–Crippen LogP) is 4.16. The third kappa shape index (κ3) is 2.32. The zero-order valence-corrected chi connectivity index (χ0v) is 10.9. The summed E-state index contributed by atoms with van der Waals surface area (Å²) >= 11 is 0. The summed E-state index contributed by atoms with van der Waals surface area (Å²) in [7, 11) is 1.61. The molecule has 102 valence electrons. The van der Waals surface area contributed by atoms with Gasteiger partial charge in [0.1, 0.15) is 29.5 Å². The van der Waals surface area contributed by atoms with Crippen molar-refractivity contribution in [2.75, 3.05) is 7.11 Å². The number of rotatable bonds is 4. The van der Waals surface area contributed by atoms with E-state index in [4.69, 9.17) is 13.9 Å². The average Bonchev–Trinajstić information content (AvgIpc) is 2.90. The molecule has 2 aromatic carbocycles. The van der Waals surface area contributed by atoms with Crippen LogP contribution >= 0.6 is 0 Å². The van der Waals surface area contributed by atoms with Gasteiger partial charge in [-0.2, -0.15) is 0 Å². The number of benzene rings is 2. The molecule has 0 aliphatic carbocycles. The molecule has 1 heterocycles. The second kappa shape index (κ2) is 5.25. The lowest BCUT2D eigenvalue weighted by atomic mass is 10.2. The van der Waals surface area contributed by atoms with E-state index in [9.17, 15) is 4.39 Å². The van der Waals surface area contributed by atoms with Crippen molar-refractivity contribution in [2.24, 2.45) is 0 Å². The zero-order chi connectivity index (χ0) is 13.9. The van der Waals surface area contributed by atoms with Crippen molar-refractivity contribution in [2.45, 2.75) is 6.61 Å². The Kier molecular flexibility index (Phi) is 3.29. The molecule has 0 bridgehead atoms. The summed E-state index contributed by atoms with van der Waals surface area (Å²) in [5, 5.41) is 0.473. The lowest BCUT2D eigenvalue weighted by Gasteiger charge is -2.06. The second-order valence-corrected chi connectivity index (χ2v) is 4.34. The van der Waals surface area contributed by atoms with Gasteiger partial charge in [-0.15, -0.1) is 0 Å². The van der Waals surface area contributed by atoms with Crippen LogP contribution < -0.4 is 9.47 Å². The van der Waals surface area contributed by atoms with Crippen LogP contribution in [0.4, 0.5) is 4.39 Å². The Hall–Kier alpha value is -2.49. The van der Waals surface area contributed by atoms with Crippen LogP contribution in [0.15, 0.2) is 53.1 Å². The third-order valence-corrected chi connectivity index (χ3v) is 3.08. The van der Waals surface area contributed by atoms with E-state index in [1.807, 2.05) is 12.1 Å². The molecule has 1 aromatic heterocycles. The maximum atomic E-state index is 13.8. The molecule has 0 saturated carbocycles. The minimum Gasteiger partial charge on any atom is -0.497 e. The molecule has 0 saturated heterocycles. The number of hydrogen-bond acceptors (Lipinski definition) is 3. The number of methoxy groups -OCH3 is 1. The third-order valence-electron chi connectivity index (χ3n) is 3.08. The van der Waals surface area contributed by atoms with Gasteiger partial charge in [0.2, 0.25) is 0 Å². The Labute approximate surface area is 115 Å². The molecule has 4 heteroatoms. The number of ether oxygens (including phenoxy) is 2. The highest BCUT2D eigenvalue weighted by molar-refractivity contribution is 5.81. The van der Waals surface area contributed by atoms with Crippen LogP contribution in [0.5, 0.6) is 11.5 Å². The zero-order valence-electron chi connectivity index (χ0n) is 10.9. The summed E-state index contributed by atoms with van der Waals surface area (Å²) < 4.78 is 29.8. The molecule has 0 aliphatic rings. The lowest BCUT2D eigenvalue weighted by molar-refractivity contribution is 0.305. The van der Waals surface area contributed by atoms with Crippen LogP contribution in [0.2, 0.25) is 0 Å². The van der Waals surface area contributed by atoms with Crippen LogP contribution in [0.3, 0.4) is 0 Å². The summed E-state index contributed by atoms with van der Waals surface area (Å²) in [6.07, 6.45) is 1.53. The topological polar surface area (TPSA) is 31.6 Å². The van der Waals surface area contributed by atoms with E-state index in [0.717, 1.165) is 5.75 Å². The van der Waals surface area contributed by atoms with E-state index < -0.39 is 0 Å². The smallest absolute Gasteiger partial charge is 0.137 e. The van der Waals surface area contributed by atoms with Gasteiger partial charge in [0.05, 0.1) is 18.8 Å². The van der Waals surface area contributed by atoms with Crippen molar-refractivity contribution < 1.29 is 18.3 Å². The quantitative estimate of drug-likeness (QED) is 0.714.